The van der Waals surface area contributed by atoms with Crippen molar-refractivity contribution < 1.29 is 22.3 Å². The topological polar surface area (TPSA) is 136 Å². The number of nitrogens with two attached hydrogens (primary N) is 2. The van der Waals surface area contributed by atoms with Gasteiger partial charge in [0, 0.05) is 17.6 Å². The molecule has 190 valence electrons. The Hall–Kier alpha value is -3.01. The van der Waals surface area contributed by atoms with Gasteiger partial charge in [-0.05, 0) is 50.0 Å². The van der Waals surface area contributed by atoms with Gasteiger partial charge in [-0.1, -0.05) is 84.9 Å². The molecule has 0 unspecified atom stereocenters. The van der Waals surface area contributed by atoms with Gasteiger partial charge in [-0.2, -0.15) is 8.42 Å². The lowest BCUT2D eigenvalue weighted by atomic mass is 10.1. The third-order valence-electron chi connectivity index (χ3n) is 4.35. The summed E-state index contributed by atoms with van der Waals surface area (Å²) in [5.74, 6) is 0.991. The van der Waals surface area contributed by atoms with Gasteiger partial charge >= 0.3 is 10.4 Å². The molecule has 0 spiro atoms. The molecule has 0 aromatic heterocycles. The maximum Gasteiger partial charge on any atom is 0.394 e. The number of rotatable bonds is 4. The summed E-state index contributed by atoms with van der Waals surface area (Å²) >= 11 is 0. The predicted octanol–water partition coefficient (Wildman–Crippen LogP) is 4.59. The molecule has 0 radical (unpaired) electrons. The van der Waals surface area contributed by atoms with Gasteiger partial charge in [0.25, 0.3) is 0 Å². The predicted molar refractivity (Wildman–Crippen MR) is 143 cm³/mol. The van der Waals surface area contributed by atoms with Crippen LogP contribution >= 0.6 is 0 Å². The summed E-state index contributed by atoms with van der Waals surface area (Å²) in [7, 11) is -4.67. The summed E-state index contributed by atoms with van der Waals surface area (Å²) in [6.45, 7) is 4.75. The Morgan fingerprint density at radius 1 is 0.771 bits per heavy atom. The van der Waals surface area contributed by atoms with Crippen LogP contribution in [0.1, 0.15) is 30.5 Å². The van der Waals surface area contributed by atoms with Crippen molar-refractivity contribution in [1.82, 2.24) is 0 Å². The van der Waals surface area contributed by atoms with Crippen LogP contribution in [0.4, 0.5) is 0 Å². The average molecular weight is 501 g/mol. The Balaban J connectivity index is 0.000000240. The standard InChI is InChI=1S/2C9H13N.C9H8O.H2O4S/c2*1-8(10)7-9-5-3-2-4-6-9;1-2-6-9-8(4-1)5-3-7-10-9;1-5(2,3)4/h2*2-6,8H,7,10H2,1H3;1-6H,7H2;(H2,1,2,3,4)/t2*8-;;/m00../s1. The van der Waals surface area contributed by atoms with Crippen LogP contribution in [0, 0.1) is 0 Å². The second-order valence-electron chi connectivity index (χ2n) is 8.03. The molecule has 3 aromatic carbocycles. The highest BCUT2D eigenvalue weighted by atomic mass is 32.3. The first-order valence-corrected chi connectivity index (χ1v) is 12.6. The van der Waals surface area contributed by atoms with E-state index in [2.05, 4.69) is 30.3 Å². The smallest absolute Gasteiger partial charge is 0.394 e. The number of ether oxygens (including phenoxy) is 1. The minimum Gasteiger partial charge on any atom is -0.489 e. The van der Waals surface area contributed by atoms with E-state index < -0.39 is 10.4 Å². The first-order valence-electron chi connectivity index (χ1n) is 11.2. The van der Waals surface area contributed by atoms with Gasteiger partial charge in [0.1, 0.15) is 12.4 Å². The Kier molecular flexibility index (Phi) is 14.2. The van der Waals surface area contributed by atoms with E-state index in [-0.39, 0.29) is 12.1 Å². The molecule has 7 nitrogen and oxygen atoms in total. The van der Waals surface area contributed by atoms with Crippen LogP contribution in [-0.4, -0.2) is 36.2 Å². The maximum absolute atomic E-state index is 8.74. The Morgan fingerprint density at radius 2 is 1.17 bits per heavy atom. The monoisotopic (exact) mass is 500 g/mol. The molecule has 1 aliphatic rings. The van der Waals surface area contributed by atoms with Gasteiger partial charge in [0.15, 0.2) is 0 Å². The van der Waals surface area contributed by atoms with Crippen LogP contribution in [0.15, 0.2) is 91.0 Å². The van der Waals surface area contributed by atoms with E-state index in [4.69, 9.17) is 33.7 Å². The minimum absolute atomic E-state index is 0.266. The molecule has 0 bridgehead atoms. The molecule has 0 saturated heterocycles. The quantitative estimate of drug-likeness (QED) is 0.385. The number of benzene rings is 3. The van der Waals surface area contributed by atoms with Crippen molar-refractivity contribution in [2.24, 2.45) is 11.5 Å². The van der Waals surface area contributed by atoms with Crippen LogP contribution in [0.3, 0.4) is 0 Å². The SMILES string of the molecule is C1=Cc2ccccc2OC1.C[C@H](N)Cc1ccccc1.C[C@H](N)Cc1ccccc1.O=S(=O)(O)O. The second kappa shape index (κ2) is 16.6. The molecule has 0 aliphatic carbocycles. The van der Waals surface area contributed by atoms with E-state index in [0.29, 0.717) is 6.61 Å². The molecule has 0 amide bonds. The van der Waals surface area contributed by atoms with Gasteiger partial charge in [-0.3, -0.25) is 9.11 Å². The molecule has 2 atom stereocenters. The third kappa shape index (κ3) is 17.1. The normalized spacial score (nSPS) is 13.1. The average Bonchev–Trinajstić information content (AvgIpc) is 2.79. The molecule has 0 fully saturated rings. The highest BCUT2D eigenvalue weighted by molar-refractivity contribution is 7.79. The van der Waals surface area contributed by atoms with Crippen molar-refractivity contribution in [2.75, 3.05) is 6.61 Å². The molecular weight excluding hydrogens is 464 g/mol. The van der Waals surface area contributed by atoms with Crippen molar-refractivity contribution >= 4 is 16.5 Å². The molecule has 3 aromatic rings. The first kappa shape index (κ1) is 30.0. The van der Waals surface area contributed by atoms with Crippen LogP contribution in [0.2, 0.25) is 0 Å². The van der Waals surface area contributed by atoms with E-state index in [9.17, 15) is 0 Å². The zero-order chi connectivity index (χ0) is 26.1. The summed E-state index contributed by atoms with van der Waals surface area (Å²) in [5.41, 5.74) is 15.1. The van der Waals surface area contributed by atoms with Gasteiger partial charge in [-0.15, -0.1) is 0 Å². The summed E-state index contributed by atoms with van der Waals surface area (Å²) in [6, 6.07) is 29.2. The van der Waals surface area contributed by atoms with Crippen LogP contribution in [0.25, 0.3) is 6.08 Å². The van der Waals surface area contributed by atoms with Gasteiger partial charge in [0.05, 0.1) is 0 Å². The minimum atomic E-state index is -4.67. The molecule has 4 rings (SSSR count). The number of para-hydroxylation sites is 1. The highest BCUT2D eigenvalue weighted by Crippen LogP contribution is 2.21. The lowest BCUT2D eigenvalue weighted by Crippen LogP contribution is -2.17. The number of hydrogen-bond acceptors (Lipinski definition) is 5. The van der Waals surface area contributed by atoms with E-state index >= 15 is 0 Å². The van der Waals surface area contributed by atoms with E-state index in [1.807, 2.05) is 80.6 Å². The van der Waals surface area contributed by atoms with Crippen molar-refractivity contribution in [2.45, 2.75) is 38.8 Å². The van der Waals surface area contributed by atoms with Crippen molar-refractivity contribution in [3.05, 3.63) is 108 Å². The van der Waals surface area contributed by atoms with Crippen molar-refractivity contribution in [3.8, 4) is 5.75 Å². The molecule has 35 heavy (non-hydrogen) atoms. The molecule has 1 aliphatic heterocycles. The van der Waals surface area contributed by atoms with Gasteiger partial charge in [0.2, 0.25) is 0 Å². The van der Waals surface area contributed by atoms with E-state index in [0.717, 1.165) is 18.6 Å². The second-order valence-corrected chi connectivity index (χ2v) is 8.93. The number of hydrogen-bond donors (Lipinski definition) is 4. The molecule has 0 saturated carbocycles. The third-order valence-corrected chi connectivity index (χ3v) is 4.35. The first-order chi connectivity index (χ1) is 16.5. The largest absolute Gasteiger partial charge is 0.489 e. The maximum atomic E-state index is 8.74. The van der Waals surface area contributed by atoms with E-state index in [1.54, 1.807) is 0 Å². The van der Waals surface area contributed by atoms with Crippen molar-refractivity contribution in [1.29, 1.82) is 0 Å². The summed E-state index contributed by atoms with van der Waals surface area (Å²) in [6.07, 6.45) is 6.04. The summed E-state index contributed by atoms with van der Waals surface area (Å²) in [5, 5.41) is 0. The fourth-order valence-corrected chi connectivity index (χ4v) is 3.03. The molecule has 1 heterocycles. The van der Waals surface area contributed by atoms with E-state index in [1.165, 1.54) is 16.7 Å². The van der Waals surface area contributed by atoms with Crippen molar-refractivity contribution in [3.63, 3.8) is 0 Å². The van der Waals surface area contributed by atoms with Crippen LogP contribution in [-0.2, 0) is 23.2 Å². The zero-order valence-corrected chi connectivity index (χ0v) is 21.0. The summed E-state index contributed by atoms with van der Waals surface area (Å²) < 4.78 is 36.9. The Bertz CT molecular complexity index is 1030. The highest BCUT2D eigenvalue weighted by Gasteiger charge is 2.01. The summed E-state index contributed by atoms with van der Waals surface area (Å²) in [4.78, 5) is 0. The fourth-order valence-electron chi connectivity index (χ4n) is 3.03. The zero-order valence-electron chi connectivity index (χ0n) is 20.2. The Labute approximate surface area is 209 Å². The van der Waals surface area contributed by atoms with Gasteiger partial charge < -0.3 is 16.2 Å². The molecule has 6 N–H and O–H groups in total. The lowest BCUT2D eigenvalue weighted by molar-refractivity contribution is 0.358. The Morgan fingerprint density at radius 3 is 1.57 bits per heavy atom. The van der Waals surface area contributed by atoms with Gasteiger partial charge in [-0.25, -0.2) is 0 Å². The molecule has 8 heteroatoms. The fraction of sp³-hybridized carbons (Fsp3) is 0.259. The van der Waals surface area contributed by atoms with Crippen LogP contribution < -0.4 is 16.2 Å². The van der Waals surface area contributed by atoms with Crippen LogP contribution in [0.5, 0.6) is 5.75 Å². The molecular formula is C27H36N2O5S. The number of fused-ring (bicyclic) bond motifs is 1. The lowest BCUT2D eigenvalue weighted by Gasteiger charge is -2.10.